The molecule has 0 aliphatic carbocycles. The first-order chi connectivity index (χ1) is 11.6. The Labute approximate surface area is 139 Å². The van der Waals surface area contributed by atoms with Crippen molar-refractivity contribution in [2.24, 2.45) is 7.05 Å². The van der Waals surface area contributed by atoms with Gasteiger partial charge in [-0.15, -0.1) is 5.10 Å². The summed E-state index contributed by atoms with van der Waals surface area (Å²) in [5.74, 6) is 0.811. The number of nitrogens with zero attached hydrogens (tertiary/aromatic N) is 3. The molecule has 2 aromatic carbocycles. The summed E-state index contributed by atoms with van der Waals surface area (Å²) in [6, 6.07) is 16.1. The quantitative estimate of drug-likeness (QED) is 0.722. The minimum Gasteiger partial charge on any atom is -0.496 e. The van der Waals surface area contributed by atoms with Gasteiger partial charge in [0.15, 0.2) is 0 Å². The minimum atomic E-state index is -0.213. The smallest absolute Gasteiger partial charge is 0.348 e. The summed E-state index contributed by atoms with van der Waals surface area (Å²) in [6.07, 6.45) is 0. The summed E-state index contributed by atoms with van der Waals surface area (Å²) in [5, 5.41) is 4.06. The third-order valence-corrected chi connectivity index (χ3v) is 3.84. The lowest BCUT2D eigenvalue weighted by atomic mass is 10.0. The lowest BCUT2D eigenvalue weighted by molar-refractivity contribution is 0.357. The second kappa shape index (κ2) is 6.62. The number of aromatic nitrogens is 3. The molecule has 0 bridgehead atoms. The first kappa shape index (κ1) is 15.9. The van der Waals surface area contributed by atoms with Gasteiger partial charge in [0.05, 0.1) is 20.8 Å². The topological polar surface area (TPSA) is 58.3 Å². The van der Waals surface area contributed by atoms with Crippen molar-refractivity contribution in [2.75, 3.05) is 14.2 Å². The van der Waals surface area contributed by atoms with Crippen molar-refractivity contribution in [3.05, 3.63) is 64.6 Å². The molecule has 6 nitrogen and oxygen atoms in total. The van der Waals surface area contributed by atoms with Crippen LogP contribution in [0.5, 0.6) is 11.8 Å². The molecule has 0 atom stereocenters. The summed E-state index contributed by atoms with van der Waals surface area (Å²) in [6.45, 7) is 0.388. The van der Waals surface area contributed by atoms with Crippen LogP contribution in [0.15, 0.2) is 53.3 Å². The van der Waals surface area contributed by atoms with E-state index in [4.69, 9.17) is 9.47 Å². The maximum Gasteiger partial charge on any atom is 0.348 e. The Morgan fingerprint density at radius 1 is 1.04 bits per heavy atom. The van der Waals surface area contributed by atoms with E-state index in [0.29, 0.717) is 12.6 Å². The van der Waals surface area contributed by atoms with Crippen LogP contribution >= 0.6 is 0 Å². The summed E-state index contributed by atoms with van der Waals surface area (Å²) >= 11 is 0. The van der Waals surface area contributed by atoms with E-state index in [1.54, 1.807) is 14.2 Å². The van der Waals surface area contributed by atoms with E-state index in [1.165, 1.54) is 16.4 Å². The van der Waals surface area contributed by atoms with Gasteiger partial charge in [-0.3, -0.25) is 0 Å². The molecule has 1 aromatic heterocycles. The fraction of sp³-hybridized carbons (Fsp3) is 0.222. The molecule has 6 heteroatoms. The number of ether oxygens (including phenoxy) is 2. The average molecular weight is 325 g/mol. The highest BCUT2D eigenvalue weighted by molar-refractivity contribution is 5.70. The summed E-state index contributed by atoms with van der Waals surface area (Å²) in [4.78, 5) is 12.2. The van der Waals surface area contributed by atoms with Crippen LogP contribution in [-0.4, -0.2) is 28.6 Å². The number of methoxy groups -OCH3 is 2. The van der Waals surface area contributed by atoms with E-state index < -0.39 is 0 Å². The van der Waals surface area contributed by atoms with Gasteiger partial charge in [0.1, 0.15) is 5.75 Å². The Balaban J connectivity index is 1.99. The van der Waals surface area contributed by atoms with Gasteiger partial charge >= 0.3 is 11.7 Å². The molecule has 3 aromatic rings. The predicted molar refractivity (Wildman–Crippen MR) is 91.6 cm³/mol. The van der Waals surface area contributed by atoms with Crippen molar-refractivity contribution in [3.63, 3.8) is 0 Å². The third kappa shape index (κ3) is 2.90. The normalized spacial score (nSPS) is 10.6. The molecule has 0 saturated carbocycles. The largest absolute Gasteiger partial charge is 0.496 e. The number of benzene rings is 2. The van der Waals surface area contributed by atoms with Gasteiger partial charge < -0.3 is 9.47 Å². The number of hydrogen-bond acceptors (Lipinski definition) is 4. The Morgan fingerprint density at radius 2 is 1.83 bits per heavy atom. The van der Waals surface area contributed by atoms with Gasteiger partial charge in [-0.05, 0) is 23.3 Å². The van der Waals surface area contributed by atoms with Crippen molar-refractivity contribution < 1.29 is 9.47 Å². The molecule has 24 heavy (non-hydrogen) atoms. The number of aryl methyl sites for hydroxylation is 1. The molecule has 0 spiro atoms. The monoisotopic (exact) mass is 325 g/mol. The van der Waals surface area contributed by atoms with Crippen LogP contribution in [0.25, 0.3) is 11.1 Å². The predicted octanol–water partition coefficient (Wildman–Crippen LogP) is 2.31. The number of rotatable bonds is 5. The SMILES string of the molecule is COc1ccccc1-c1cccc(Cn2c(OC)nn(C)c2=O)c1. The summed E-state index contributed by atoms with van der Waals surface area (Å²) < 4.78 is 13.4. The van der Waals surface area contributed by atoms with Crippen LogP contribution in [0, 0.1) is 0 Å². The zero-order chi connectivity index (χ0) is 17.1. The molecule has 0 saturated heterocycles. The molecular weight excluding hydrogens is 306 g/mol. The first-order valence-corrected chi connectivity index (χ1v) is 7.54. The van der Waals surface area contributed by atoms with Crippen LogP contribution in [0.2, 0.25) is 0 Å². The maximum atomic E-state index is 12.2. The lowest BCUT2D eigenvalue weighted by Crippen LogP contribution is -2.23. The van der Waals surface area contributed by atoms with Crippen LogP contribution in [0.4, 0.5) is 0 Å². The molecule has 0 aliphatic rings. The summed E-state index contributed by atoms with van der Waals surface area (Å²) in [5.41, 5.74) is 2.80. The molecule has 0 radical (unpaired) electrons. The van der Waals surface area contributed by atoms with Crippen molar-refractivity contribution in [3.8, 4) is 22.9 Å². The van der Waals surface area contributed by atoms with Crippen LogP contribution in [-0.2, 0) is 13.6 Å². The van der Waals surface area contributed by atoms with Gasteiger partial charge in [0.25, 0.3) is 0 Å². The van der Waals surface area contributed by atoms with Gasteiger partial charge in [-0.25, -0.2) is 14.0 Å². The fourth-order valence-electron chi connectivity index (χ4n) is 2.67. The minimum absolute atomic E-state index is 0.213. The second-order valence-electron chi connectivity index (χ2n) is 5.38. The van der Waals surface area contributed by atoms with Gasteiger partial charge in [0, 0.05) is 12.6 Å². The Hall–Kier alpha value is -3.02. The average Bonchev–Trinajstić information content (AvgIpc) is 2.89. The molecule has 1 heterocycles. The highest BCUT2D eigenvalue weighted by Crippen LogP contribution is 2.30. The second-order valence-corrected chi connectivity index (χ2v) is 5.38. The Bertz CT molecular complexity index is 912. The lowest BCUT2D eigenvalue weighted by Gasteiger charge is -2.10. The standard InChI is InChI=1S/C18H19N3O3/c1-20-18(22)21(17(19-20)24-3)12-13-7-6-8-14(11-13)15-9-4-5-10-16(15)23-2/h4-11H,12H2,1-3H3. The van der Waals surface area contributed by atoms with E-state index in [1.807, 2.05) is 48.5 Å². The van der Waals surface area contributed by atoms with E-state index >= 15 is 0 Å². The zero-order valence-corrected chi connectivity index (χ0v) is 13.9. The van der Waals surface area contributed by atoms with Crippen LogP contribution < -0.4 is 15.2 Å². The van der Waals surface area contributed by atoms with Gasteiger partial charge in [-0.2, -0.15) is 0 Å². The van der Waals surface area contributed by atoms with Crippen LogP contribution in [0.1, 0.15) is 5.56 Å². The highest BCUT2D eigenvalue weighted by Gasteiger charge is 2.12. The van der Waals surface area contributed by atoms with Crippen molar-refractivity contribution in [2.45, 2.75) is 6.54 Å². The molecule has 0 N–H and O–H groups in total. The molecule has 0 fully saturated rings. The first-order valence-electron chi connectivity index (χ1n) is 7.54. The van der Waals surface area contributed by atoms with E-state index in [0.717, 1.165) is 22.4 Å². The molecule has 0 unspecified atom stereocenters. The van der Waals surface area contributed by atoms with Gasteiger partial charge in [0.2, 0.25) is 0 Å². The summed E-state index contributed by atoms with van der Waals surface area (Å²) in [7, 11) is 4.76. The van der Waals surface area contributed by atoms with Crippen molar-refractivity contribution in [1.29, 1.82) is 0 Å². The molecule has 0 amide bonds. The maximum absolute atomic E-state index is 12.2. The molecule has 0 aliphatic heterocycles. The zero-order valence-electron chi connectivity index (χ0n) is 13.9. The van der Waals surface area contributed by atoms with E-state index in [2.05, 4.69) is 5.10 Å². The fourth-order valence-corrected chi connectivity index (χ4v) is 2.67. The van der Waals surface area contributed by atoms with Gasteiger partial charge in [-0.1, -0.05) is 36.4 Å². The highest BCUT2D eigenvalue weighted by atomic mass is 16.5. The van der Waals surface area contributed by atoms with E-state index in [-0.39, 0.29) is 5.69 Å². The van der Waals surface area contributed by atoms with Crippen LogP contribution in [0.3, 0.4) is 0 Å². The number of para-hydroxylation sites is 1. The van der Waals surface area contributed by atoms with E-state index in [9.17, 15) is 4.79 Å². The third-order valence-electron chi connectivity index (χ3n) is 3.84. The van der Waals surface area contributed by atoms with Crippen molar-refractivity contribution >= 4 is 0 Å². The molecular formula is C18H19N3O3. The number of hydrogen-bond donors (Lipinski definition) is 0. The Kier molecular flexibility index (Phi) is 4.37. The van der Waals surface area contributed by atoms with Crippen molar-refractivity contribution in [1.82, 2.24) is 14.3 Å². The molecule has 3 rings (SSSR count). The molecule has 124 valence electrons. The Morgan fingerprint density at radius 3 is 2.58 bits per heavy atom.